The zero-order chi connectivity index (χ0) is 17.7. The summed E-state index contributed by atoms with van der Waals surface area (Å²) in [6.07, 6.45) is -3.55. The van der Waals surface area contributed by atoms with Gasteiger partial charge in [-0.3, -0.25) is 4.79 Å². The number of carbonyl (C=O) groups excluding carboxylic acids is 1. The van der Waals surface area contributed by atoms with Crippen molar-refractivity contribution in [2.45, 2.75) is 45.0 Å². The van der Waals surface area contributed by atoms with Crippen LogP contribution in [0.3, 0.4) is 0 Å². The highest BCUT2D eigenvalue weighted by molar-refractivity contribution is 6.00. The molecule has 0 saturated heterocycles. The fraction of sp³-hybridized carbons (Fsp3) is 0.529. The summed E-state index contributed by atoms with van der Waals surface area (Å²) in [4.78, 5) is 12.7. The van der Waals surface area contributed by atoms with Crippen LogP contribution in [-0.4, -0.2) is 33.6 Å². The second-order valence-corrected chi connectivity index (χ2v) is 6.62. The first-order valence-electron chi connectivity index (χ1n) is 7.95. The van der Waals surface area contributed by atoms with Gasteiger partial charge in [-0.05, 0) is 37.8 Å². The van der Waals surface area contributed by atoms with Crippen molar-refractivity contribution in [2.24, 2.45) is 16.9 Å². The van der Waals surface area contributed by atoms with Gasteiger partial charge in [-0.25, -0.2) is 0 Å². The number of hydrogen-bond donors (Lipinski definition) is 1. The summed E-state index contributed by atoms with van der Waals surface area (Å²) in [5.74, 6) is -2.32. The Morgan fingerprint density at radius 3 is 2.71 bits per heavy atom. The molecule has 0 spiro atoms. The van der Waals surface area contributed by atoms with Crippen molar-refractivity contribution >= 4 is 11.6 Å². The normalized spacial score (nSPS) is 30.1. The molecule has 3 atom stereocenters. The average molecular weight is 340 g/mol. The number of halogens is 3. The molecule has 1 aromatic rings. The molecule has 1 amide bonds. The minimum absolute atomic E-state index is 0.0772. The number of nitrogens with zero attached hydrogens (tertiary/aromatic N) is 2. The summed E-state index contributed by atoms with van der Waals surface area (Å²) in [6.45, 7) is 3.52. The van der Waals surface area contributed by atoms with Gasteiger partial charge in [0.15, 0.2) is 0 Å². The first-order chi connectivity index (χ1) is 11.2. The number of amides is 1. The van der Waals surface area contributed by atoms with Gasteiger partial charge in [0.1, 0.15) is 0 Å². The SMILES string of the molecule is Cc1cccc(C(=O)N2N=C3[C@H](C)CCC[C@@H]3[C@@]2(O)C(F)(F)F)c1. The van der Waals surface area contributed by atoms with E-state index in [4.69, 9.17) is 0 Å². The molecule has 1 aliphatic carbocycles. The number of aryl methyl sites for hydroxylation is 1. The van der Waals surface area contributed by atoms with Crippen molar-refractivity contribution < 1.29 is 23.1 Å². The zero-order valence-corrected chi connectivity index (χ0v) is 13.5. The highest BCUT2D eigenvalue weighted by Crippen LogP contribution is 2.49. The van der Waals surface area contributed by atoms with E-state index in [1.807, 2.05) is 0 Å². The van der Waals surface area contributed by atoms with Crippen LogP contribution < -0.4 is 0 Å². The second kappa shape index (κ2) is 5.58. The first-order valence-corrected chi connectivity index (χ1v) is 7.95. The van der Waals surface area contributed by atoms with Crippen molar-refractivity contribution in [1.29, 1.82) is 0 Å². The fourth-order valence-corrected chi connectivity index (χ4v) is 3.60. The maximum atomic E-state index is 13.7. The Labute approximate surface area is 138 Å². The van der Waals surface area contributed by atoms with Crippen LogP contribution in [0.15, 0.2) is 29.4 Å². The van der Waals surface area contributed by atoms with Crippen LogP contribution in [0.4, 0.5) is 13.2 Å². The van der Waals surface area contributed by atoms with Crippen LogP contribution in [0.1, 0.15) is 42.1 Å². The van der Waals surface area contributed by atoms with E-state index in [2.05, 4.69) is 5.10 Å². The van der Waals surface area contributed by atoms with Crippen molar-refractivity contribution in [1.82, 2.24) is 5.01 Å². The van der Waals surface area contributed by atoms with E-state index in [1.165, 1.54) is 12.1 Å². The van der Waals surface area contributed by atoms with E-state index >= 15 is 0 Å². The smallest absolute Gasteiger partial charge is 0.362 e. The molecular weight excluding hydrogens is 321 g/mol. The number of carbonyl (C=O) groups is 1. The fourth-order valence-electron chi connectivity index (χ4n) is 3.60. The topological polar surface area (TPSA) is 52.9 Å². The number of hydrazone groups is 1. The second-order valence-electron chi connectivity index (χ2n) is 6.62. The van der Waals surface area contributed by atoms with E-state index in [0.29, 0.717) is 12.8 Å². The molecule has 0 radical (unpaired) electrons. The molecule has 0 bridgehead atoms. The number of aliphatic hydroxyl groups is 1. The Hall–Kier alpha value is -1.89. The summed E-state index contributed by atoms with van der Waals surface area (Å²) in [7, 11) is 0. The lowest BCUT2D eigenvalue weighted by atomic mass is 9.75. The van der Waals surface area contributed by atoms with Crippen molar-refractivity contribution in [2.75, 3.05) is 0 Å². The maximum absolute atomic E-state index is 13.7. The van der Waals surface area contributed by atoms with Crippen LogP contribution in [-0.2, 0) is 0 Å². The number of hydrogen-bond acceptors (Lipinski definition) is 3. The van der Waals surface area contributed by atoms with Gasteiger partial charge in [-0.15, -0.1) is 0 Å². The van der Waals surface area contributed by atoms with Gasteiger partial charge in [0, 0.05) is 11.3 Å². The molecule has 130 valence electrons. The Balaban J connectivity index is 2.08. The van der Waals surface area contributed by atoms with Gasteiger partial charge >= 0.3 is 6.18 Å². The first kappa shape index (κ1) is 17.0. The minimum atomic E-state index is -4.99. The Kier molecular flexibility index (Phi) is 3.94. The third-order valence-corrected chi connectivity index (χ3v) is 4.89. The lowest BCUT2D eigenvalue weighted by molar-refractivity contribution is -0.312. The number of alkyl halides is 3. The van der Waals surface area contributed by atoms with E-state index in [1.54, 1.807) is 26.0 Å². The maximum Gasteiger partial charge on any atom is 0.439 e. The van der Waals surface area contributed by atoms with E-state index in [9.17, 15) is 23.1 Å². The lowest BCUT2D eigenvalue weighted by Gasteiger charge is -2.39. The molecule has 0 aromatic heterocycles. The summed E-state index contributed by atoms with van der Waals surface area (Å²) in [5, 5.41) is 14.8. The molecule has 4 nitrogen and oxygen atoms in total. The van der Waals surface area contributed by atoms with Gasteiger partial charge in [0.05, 0.1) is 5.92 Å². The molecule has 7 heteroatoms. The summed E-state index contributed by atoms with van der Waals surface area (Å²) in [5.41, 5.74) is -2.19. The molecule has 1 aromatic carbocycles. The van der Waals surface area contributed by atoms with Gasteiger partial charge in [-0.1, -0.05) is 31.0 Å². The number of benzene rings is 1. The van der Waals surface area contributed by atoms with Gasteiger partial charge in [-0.2, -0.15) is 23.3 Å². The van der Waals surface area contributed by atoms with Gasteiger partial charge < -0.3 is 5.11 Å². The van der Waals surface area contributed by atoms with E-state index in [0.717, 1.165) is 5.56 Å². The Morgan fingerprint density at radius 1 is 1.38 bits per heavy atom. The predicted octanol–water partition coefficient (Wildman–Crippen LogP) is 3.49. The van der Waals surface area contributed by atoms with Crippen molar-refractivity contribution in [3.8, 4) is 0 Å². The molecular formula is C17H19F3N2O2. The van der Waals surface area contributed by atoms with Crippen LogP contribution in [0.5, 0.6) is 0 Å². The van der Waals surface area contributed by atoms with E-state index in [-0.39, 0.29) is 28.6 Å². The van der Waals surface area contributed by atoms with Crippen LogP contribution in [0.25, 0.3) is 0 Å². The number of fused-ring (bicyclic) bond motifs is 1. The predicted molar refractivity (Wildman–Crippen MR) is 82.3 cm³/mol. The van der Waals surface area contributed by atoms with Gasteiger partial charge in [0.2, 0.25) is 0 Å². The molecule has 1 heterocycles. The molecule has 1 saturated carbocycles. The third kappa shape index (κ3) is 2.42. The van der Waals surface area contributed by atoms with E-state index < -0.39 is 23.7 Å². The number of rotatable bonds is 1. The molecule has 2 aliphatic rings. The van der Waals surface area contributed by atoms with Crippen LogP contribution >= 0.6 is 0 Å². The Bertz CT molecular complexity index is 701. The molecule has 1 fully saturated rings. The largest absolute Gasteiger partial charge is 0.439 e. The summed E-state index contributed by atoms with van der Waals surface area (Å²) >= 11 is 0. The highest BCUT2D eigenvalue weighted by Gasteiger charge is 2.69. The minimum Gasteiger partial charge on any atom is -0.362 e. The average Bonchev–Trinajstić information content (AvgIpc) is 2.82. The molecule has 24 heavy (non-hydrogen) atoms. The standard InChI is InChI=1S/C17H19F3N2O2/c1-10-5-3-7-12(9-10)15(23)22-16(24,17(18,19)20)13-8-4-6-11(2)14(13)21-22/h3,5,7,9,11,13,24H,4,6,8H2,1-2H3/t11-,13+,16-/m1/s1. The zero-order valence-electron chi connectivity index (χ0n) is 13.5. The third-order valence-electron chi connectivity index (χ3n) is 4.89. The van der Waals surface area contributed by atoms with Crippen LogP contribution in [0.2, 0.25) is 0 Å². The molecule has 3 rings (SSSR count). The lowest BCUT2D eigenvalue weighted by Crippen LogP contribution is -2.61. The monoisotopic (exact) mass is 340 g/mol. The molecule has 1 aliphatic heterocycles. The van der Waals surface area contributed by atoms with Crippen molar-refractivity contribution in [3.05, 3.63) is 35.4 Å². The quantitative estimate of drug-likeness (QED) is 0.851. The van der Waals surface area contributed by atoms with Crippen molar-refractivity contribution in [3.63, 3.8) is 0 Å². The van der Waals surface area contributed by atoms with Gasteiger partial charge in [0.25, 0.3) is 11.6 Å². The van der Waals surface area contributed by atoms with Crippen LogP contribution in [0, 0.1) is 18.8 Å². The summed E-state index contributed by atoms with van der Waals surface area (Å²) in [6, 6.07) is 6.25. The Morgan fingerprint density at radius 2 is 2.08 bits per heavy atom. The molecule has 0 unspecified atom stereocenters. The molecule has 1 N–H and O–H groups in total. The summed E-state index contributed by atoms with van der Waals surface area (Å²) < 4.78 is 41.2. The highest BCUT2D eigenvalue weighted by atomic mass is 19.4.